The Morgan fingerprint density at radius 1 is 1.53 bits per heavy atom. The minimum absolute atomic E-state index is 0.00666. The SMILES string of the molecule is CC1(C)CCCNC1C(=O)Nc1ccc(I)cc1Cl. The number of amides is 1. The second-order valence-corrected chi connectivity index (χ2v) is 7.25. The molecule has 0 spiro atoms. The van der Waals surface area contributed by atoms with Crippen molar-refractivity contribution < 1.29 is 4.79 Å². The number of nitrogens with one attached hydrogen (secondary N) is 2. The van der Waals surface area contributed by atoms with Gasteiger partial charge in [-0.3, -0.25) is 4.79 Å². The van der Waals surface area contributed by atoms with Gasteiger partial charge in [0.2, 0.25) is 5.91 Å². The lowest BCUT2D eigenvalue weighted by Crippen LogP contribution is -2.53. The molecule has 19 heavy (non-hydrogen) atoms. The van der Waals surface area contributed by atoms with Crippen molar-refractivity contribution in [3.63, 3.8) is 0 Å². The molecule has 1 fully saturated rings. The van der Waals surface area contributed by atoms with Gasteiger partial charge in [0.05, 0.1) is 16.8 Å². The lowest BCUT2D eigenvalue weighted by Gasteiger charge is -2.38. The van der Waals surface area contributed by atoms with E-state index in [2.05, 4.69) is 47.1 Å². The Morgan fingerprint density at radius 2 is 2.26 bits per heavy atom. The van der Waals surface area contributed by atoms with Crippen molar-refractivity contribution in [2.75, 3.05) is 11.9 Å². The summed E-state index contributed by atoms with van der Waals surface area (Å²) in [6.07, 6.45) is 2.17. The molecule has 2 rings (SSSR count). The lowest BCUT2D eigenvalue weighted by atomic mass is 9.77. The monoisotopic (exact) mass is 392 g/mol. The molecule has 104 valence electrons. The summed E-state index contributed by atoms with van der Waals surface area (Å²) in [5, 5.41) is 6.81. The third-order valence-electron chi connectivity index (χ3n) is 3.58. The van der Waals surface area contributed by atoms with E-state index in [9.17, 15) is 4.79 Å². The zero-order valence-corrected chi connectivity index (χ0v) is 14.0. The number of carbonyl (C=O) groups excluding carboxylic acids is 1. The van der Waals surface area contributed by atoms with Gasteiger partial charge in [0.1, 0.15) is 0 Å². The molecule has 1 atom stereocenters. The smallest absolute Gasteiger partial charge is 0.242 e. The first-order valence-electron chi connectivity index (χ1n) is 6.39. The molecular formula is C14H18ClIN2O. The number of hydrogen-bond donors (Lipinski definition) is 2. The summed E-state index contributed by atoms with van der Waals surface area (Å²) in [4.78, 5) is 12.4. The predicted octanol–water partition coefficient (Wildman–Crippen LogP) is 3.66. The fourth-order valence-corrected chi connectivity index (χ4v) is 3.36. The van der Waals surface area contributed by atoms with Gasteiger partial charge in [-0.25, -0.2) is 0 Å². The first-order chi connectivity index (χ1) is 8.90. The van der Waals surface area contributed by atoms with Gasteiger partial charge >= 0.3 is 0 Å². The van der Waals surface area contributed by atoms with Gasteiger partial charge in [0, 0.05) is 3.57 Å². The Morgan fingerprint density at radius 3 is 2.89 bits per heavy atom. The average Bonchev–Trinajstić information content (AvgIpc) is 2.32. The van der Waals surface area contributed by atoms with E-state index in [4.69, 9.17) is 11.6 Å². The van der Waals surface area contributed by atoms with E-state index in [1.807, 2.05) is 18.2 Å². The molecule has 1 aliphatic heterocycles. The molecule has 1 aromatic rings. The normalized spacial score (nSPS) is 22.0. The number of hydrogen-bond acceptors (Lipinski definition) is 2. The van der Waals surface area contributed by atoms with Gasteiger partial charge in [0.15, 0.2) is 0 Å². The van der Waals surface area contributed by atoms with Crippen LogP contribution in [0.25, 0.3) is 0 Å². The Kier molecular flexibility index (Phi) is 4.74. The van der Waals surface area contributed by atoms with Crippen LogP contribution in [0.15, 0.2) is 18.2 Å². The van der Waals surface area contributed by atoms with Crippen LogP contribution < -0.4 is 10.6 Å². The quantitative estimate of drug-likeness (QED) is 0.754. The van der Waals surface area contributed by atoms with Gasteiger partial charge in [-0.15, -0.1) is 0 Å². The number of carbonyl (C=O) groups is 1. The van der Waals surface area contributed by atoms with Crippen molar-refractivity contribution in [3.05, 3.63) is 26.8 Å². The van der Waals surface area contributed by atoms with E-state index in [1.54, 1.807) is 0 Å². The van der Waals surface area contributed by atoms with E-state index in [0.29, 0.717) is 10.7 Å². The molecule has 1 unspecified atom stereocenters. The summed E-state index contributed by atoms with van der Waals surface area (Å²) in [5.41, 5.74) is 0.646. The summed E-state index contributed by atoms with van der Waals surface area (Å²) in [5.74, 6) is -0.00666. The van der Waals surface area contributed by atoms with Crippen molar-refractivity contribution in [3.8, 4) is 0 Å². The minimum Gasteiger partial charge on any atom is -0.323 e. The van der Waals surface area contributed by atoms with Crippen LogP contribution in [-0.2, 0) is 4.79 Å². The van der Waals surface area contributed by atoms with E-state index in [-0.39, 0.29) is 17.4 Å². The van der Waals surface area contributed by atoms with Crippen molar-refractivity contribution in [1.82, 2.24) is 5.32 Å². The van der Waals surface area contributed by atoms with Crippen molar-refractivity contribution >= 4 is 45.8 Å². The average molecular weight is 393 g/mol. The molecule has 0 bridgehead atoms. The Hall–Kier alpha value is -0.330. The number of anilines is 1. The van der Waals surface area contributed by atoms with E-state index in [1.165, 1.54) is 0 Å². The second kappa shape index (κ2) is 5.97. The van der Waals surface area contributed by atoms with Crippen molar-refractivity contribution in [1.29, 1.82) is 0 Å². The number of benzene rings is 1. The third kappa shape index (κ3) is 3.61. The molecule has 0 radical (unpaired) electrons. The molecule has 1 saturated heterocycles. The molecule has 0 aromatic heterocycles. The Labute approximate surface area is 132 Å². The highest BCUT2D eigenvalue weighted by molar-refractivity contribution is 14.1. The largest absolute Gasteiger partial charge is 0.323 e. The topological polar surface area (TPSA) is 41.1 Å². The maximum absolute atomic E-state index is 12.4. The summed E-state index contributed by atoms with van der Waals surface area (Å²) in [6.45, 7) is 5.14. The molecule has 5 heteroatoms. The van der Waals surface area contributed by atoms with Crippen LogP contribution in [0.5, 0.6) is 0 Å². The van der Waals surface area contributed by atoms with Crippen LogP contribution >= 0.6 is 34.2 Å². The molecule has 1 aromatic carbocycles. The molecule has 0 saturated carbocycles. The first-order valence-corrected chi connectivity index (χ1v) is 7.85. The molecule has 1 aliphatic rings. The van der Waals surface area contributed by atoms with Gasteiger partial charge in [-0.05, 0) is 65.6 Å². The highest BCUT2D eigenvalue weighted by Gasteiger charge is 2.37. The summed E-state index contributed by atoms with van der Waals surface area (Å²) in [6, 6.07) is 5.45. The van der Waals surface area contributed by atoms with Crippen LogP contribution in [-0.4, -0.2) is 18.5 Å². The zero-order valence-electron chi connectivity index (χ0n) is 11.1. The maximum Gasteiger partial charge on any atom is 0.242 e. The van der Waals surface area contributed by atoms with Crippen LogP contribution in [0.1, 0.15) is 26.7 Å². The predicted molar refractivity (Wildman–Crippen MR) is 87.6 cm³/mol. The highest BCUT2D eigenvalue weighted by Crippen LogP contribution is 2.31. The van der Waals surface area contributed by atoms with Crippen molar-refractivity contribution in [2.45, 2.75) is 32.7 Å². The van der Waals surface area contributed by atoms with E-state index >= 15 is 0 Å². The van der Waals surface area contributed by atoms with Crippen LogP contribution in [0.2, 0.25) is 5.02 Å². The lowest BCUT2D eigenvalue weighted by molar-refractivity contribution is -0.121. The summed E-state index contributed by atoms with van der Waals surface area (Å²) < 4.78 is 1.05. The number of halogens is 2. The first kappa shape index (κ1) is 15.1. The second-order valence-electron chi connectivity index (χ2n) is 5.59. The van der Waals surface area contributed by atoms with Gasteiger partial charge in [-0.2, -0.15) is 0 Å². The maximum atomic E-state index is 12.4. The van der Waals surface area contributed by atoms with E-state index < -0.39 is 0 Å². The Bertz CT molecular complexity index is 490. The van der Waals surface area contributed by atoms with Gasteiger partial charge in [0.25, 0.3) is 0 Å². The van der Waals surface area contributed by atoms with Crippen molar-refractivity contribution in [2.24, 2.45) is 5.41 Å². The number of piperidine rings is 1. The molecule has 1 amide bonds. The fraction of sp³-hybridized carbons (Fsp3) is 0.500. The zero-order chi connectivity index (χ0) is 14.0. The van der Waals surface area contributed by atoms with Gasteiger partial charge in [-0.1, -0.05) is 25.4 Å². The van der Waals surface area contributed by atoms with Crippen LogP contribution in [0.3, 0.4) is 0 Å². The Balaban J connectivity index is 2.12. The molecule has 2 N–H and O–H groups in total. The van der Waals surface area contributed by atoms with E-state index in [0.717, 1.165) is 23.0 Å². The summed E-state index contributed by atoms with van der Waals surface area (Å²) in [7, 11) is 0. The summed E-state index contributed by atoms with van der Waals surface area (Å²) >= 11 is 8.34. The molecule has 3 nitrogen and oxygen atoms in total. The van der Waals surface area contributed by atoms with Crippen LogP contribution in [0.4, 0.5) is 5.69 Å². The van der Waals surface area contributed by atoms with Gasteiger partial charge < -0.3 is 10.6 Å². The molecule has 1 heterocycles. The molecule has 0 aliphatic carbocycles. The standard InChI is InChI=1S/C14H18ClIN2O/c1-14(2)6-3-7-17-12(14)13(19)18-11-5-4-9(16)8-10(11)15/h4-5,8,12,17H,3,6-7H2,1-2H3,(H,18,19). The highest BCUT2D eigenvalue weighted by atomic mass is 127. The number of rotatable bonds is 2. The molecular weight excluding hydrogens is 375 g/mol. The minimum atomic E-state index is -0.170. The van der Waals surface area contributed by atoms with Crippen LogP contribution in [0, 0.1) is 8.99 Å². The fourth-order valence-electron chi connectivity index (χ4n) is 2.45. The third-order valence-corrected chi connectivity index (χ3v) is 4.56.